The van der Waals surface area contributed by atoms with Crippen LogP contribution in [0.4, 0.5) is 5.95 Å². The lowest BCUT2D eigenvalue weighted by Crippen LogP contribution is -2.35. The first-order valence-corrected chi connectivity index (χ1v) is 8.82. The summed E-state index contributed by atoms with van der Waals surface area (Å²) in [6.45, 7) is 1.39. The normalized spacial score (nSPS) is 20.8. The van der Waals surface area contributed by atoms with Gasteiger partial charge >= 0.3 is 0 Å². The van der Waals surface area contributed by atoms with Crippen LogP contribution in [0.5, 0.6) is 0 Å². The van der Waals surface area contributed by atoms with Gasteiger partial charge in [0.1, 0.15) is 0 Å². The molecule has 23 heavy (non-hydrogen) atoms. The van der Waals surface area contributed by atoms with Gasteiger partial charge in [-0.15, -0.1) is 0 Å². The number of rotatable bonds is 0. The van der Waals surface area contributed by atoms with Crippen LogP contribution in [0, 0.1) is 5.92 Å². The molecule has 118 valence electrons. The lowest BCUT2D eigenvalue weighted by molar-refractivity contribution is 0.0851. The third-order valence-corrected chi connectivity index (χ3v) is 5.30. The highest BCUT2D eigenvalue weighted by Gasteiger charge is 2.26. The number of amides is 1. The van der Waals surface area contributed by atoms with Crippen molar-refractivity contribution in [1.82, 2.24) is 14.3 Å². The van der Waals surface area contributed by atoms with E-state index in [-0.39, 0.29) is 5.91 Å². The molecule has 0 saturated carbocycles. The first kappa shape index (κ1) is 14.5. The molecule has 0 spiro atoms. The molecule has 1 N–H and O–H groups in total. The molecule has 1 aromatic heterocycles. The Morgan fingerprint density at radius 1 is 1.30 bits per heavy atom. The summed E-state index contributed by atoms with van der Waals surface area (Å²) < 4.78 is 1.92. The Kier molecular flexibility index (Phi) is 3.91. The molecule has 6 bridgehead atoms. The zero-order valence-corrected chi connectivity index (χ0v) is 13.6. The number of fused-ring (bicyclic) bond motifs is 6. The second-order valence-corrected chi connectivity index (χ2v) is 7.09. The van der Waals surface area contributed by atoms with Crippen LogP contribution >= 0.6 is 11.9 Å². The SMILES string of the molecule is O=C1c2cccc(c2)CNc2nccc(n2)CC2CCSN1C2. The molecule has 1 aromatic carbocycles. The van der Waals surface area contributed by atoms with Crippen molar-refractivity contribution in [2.45, 2.75) is 19.4 Å². The summed E-state index contributed by atoms with van der Waals surface area (Å²) in [6, 6.07) is 9.78. The van der Waals surface area contributed by atoms with Gasteiger partial charge < -0.3 is 5.32 Å². The van der Waals surface area contributed by atoms with Crippen LogP contribution in [0.25, 0.3) is 0 Å². The third kappa shape index (κ3) is 3.17. The molecule has 3 heterocycles. The predicted octanol–water partition coefficient (Wildman–Crippen LogP) is 2.76. The van der Waals surface area contributed by atoms with E-state index in [9.17, 15) is 4.79 Å². The molecule has 1 saturated heterocycles. The van der Waals surface area contributed by atoms with Gasteiger partial charge in [0.15, 0.2) is 0 Å². The first-order chi connectivity index (χ1) is 11.3. The maximum Gasteiger partial charge on any atom is 0.263 e. The zero-order valence-electron chi connectivity index (χ0n) is 12.7. The molecule has 5 nitrogen and oxygen atoms in total. The lowest BCUT2D eigenvalue weighted by atomic mass is 9.99. The van der Waals surface area contributed by atoms with Crippen molar-refractivity contribution in [2.24, 2.45) is 5.92 Å². The number of carbonyl (C=O) groups excluding carboxylic acids is 1. The van der Waals surface area contributed by atoms with Crippen molar-refractivity contribution in [3.63, 3.8) is 0 Å². The maximum atomic E-state index is 12.8. The first-order valence-electron chi connectivity index (χ1n) is 7.87. The van der Waals surface area contributed by atoms with Crippen LogP contribution in [0.15, 0.2) is 36.5 Å². The Balaban J connectivity index is 1.72. The van der Waals surface area contributed by atoms with E-state index in [1.807, 2.05) is 34.6 Å². The van der Waals surface area contributed by atoms with E-state index in [0.29, 0.717) is 18.4 Å². The van der Waals surface area contributed by atoms with Gasteiger partial charge in [0.05, 0.1) is 0 Å². The van der Waals surface area contributed by atoms with E-state index in [4.69, 9.17) is 0 Å². The Hall–Kier alpha value is -2.08. The van der Waals surface area contributed by atoms with E-state index in [1.165, 1.54) is 0 Å². The number of nitrogens with zero attached hydrogens (tertiary/aromatic N) is 3. The molecule has 1 atom stereocenters. The van der Waals surface area contributed by atoms with Crippen molar-refractivity contribution < 1.29 is 4.79 Å². The molecule has 1 unspecified atom stereocenters. The molecule has 1 amide bonds. The van der Waals surface area contributed by atoms with Crippen LogP contribution in [0.1, 0.15) is 28.0 Å². The van der Waals surface area contributed by atoms with Crippen molar-refractivity contribution in [3.05, 3.63) is 53.3 Å². The number of hydrogen-bond donors (Lipinski definition) is 1. The predicted molar refractivity (Wildman–Crippen MR) is 91.1 cm³/mol. The Labute approximate surface area is 139 Å². The van der Waals surface area contributed by atoms with E-state index in [2.05, 4.69) is 15.3 Å². The number of hydrogen-bond acceptors (Lipinski definition) is 5. The summed E-state index contributed by atoms with van der Waals surface area (Å²) in [5.74, 6) is 2.19. The van der Waals surface area contributed by atoms with Gasteiger partial charge in [0.25, 0.3) is 5.91 Å². The lowest BCUT2D eigenvalue weighted by Gasteiger charge is -2.31. The van der Waals surface area contributed by atoms with Gasteiger partial charge in [0, 0.05) is 36.3 Å². The monoisotopic (exact) mass is 326 g/mol. The Morgan fingerprint density at radius 2 is 2.26 bits per heavy atom. The number of carbonyl (C=O) groups is 1. The molecule has 6 heteroatoms. The molecule has 4 rings (SSSR count). The van der Waals surface area contributed by atoms with Crippen molar-refractivity contribution in [1.29, 1.82) is 0 Å². The number of anilines is 1. The smallest absolute Gasteiger partial charge is 0.263 e. The van der Waals surface area contributed by atoms with Gasteiger partial charge in [0.2, 0.25) is 5.95 Å². The summed E-state index contributed by atoms with van der Waals surface area (Å²) >= 11 is 1.64. The minimum Gasteiger partial charge on any atom is -0.350 e. The Morgan fingerprint density at radius 3 is 3.22 bits per heavy atom. The zero-order chi connectivity index (χ0) is 15.6. The average Bonchev–Trinajstić information content (AvgIpc) is 2.60. The fraction of sp³-hybridized carbons (Fsp3) is 0.353. The van der Waals surface area contributed by atoms with Crippen LogP contribution < -0.4 is 5.32 Å². The number of nitrogens with one attached hydrogen (secondary N) is 1. The molecular weight excluding hydrogens is 308 g/mol. The Bertz CT molecular complexity index is 736. The highest BCUT2D eigenvalue weighted by molar-refractivity contribution is 7.97. The number of benzene rings is 1. The summed E-state index contributed by atoms with van der Waals surface area (Å²) in [7, 11) is 0. The molecule has 2 aromatic rings. The summed E-state index contributed by atoms with van der Waals surface area (Å²) in [5.41, 5.74) is 2.85. The molecule has 0 radical (unpaired) electrons. The van der Waals surface area contributed by atoms with E-state index < -0.39 is 0 Å². The van der Waals surface area contributed by atoms with Crippen molar-refractivity contribution >= 4 is 23.8 Å². The second kappa shape index (κ2) is 6.20. The largest absolute Gasteiger partial charge is 0.350 e. The topological polar surface area (TPSA) is 58.1 Å². The summed E-state index contributed by atoms with van der Waals surface area (Å²) in [5, 5.41) is 3.25. The quantitative estimate of drug-likeness (QED) is 0.755. The van der Waals surface area contributed by atoms with Gasteiger partial charge in [-0.3, -0.25) is 9.10 Å². The van der Waals surface area contributed by atoms with Gasteiger partial charge in [-0.1, -0.05) is 12.1 Å². The fourth-order valence-corrected chi connectivity index (χ4v) is 4.24. The van der Waals surface area contributed by atoms with Crippen LogP contribution in [-0.2, 0) is 13.0 Å². The van der Waals surface area contributed by atoms with E-state index in [1.54, 1.807) is 18.1 Å². The van der Waals surface area contributed by atoms with Crippen LogP contribution in [0.2, 0.25) is 0 Å². The van der Waals surface area contributed by atoms with Crippen LogP contribution in [0.3, 0.4) is 0 Å². The van der Waals surface area contributed by atoms with Crippen molar-refractivity contribution in [3.8, 4) is 0 Å². The minimum absolute atomic E-state index is 0.110. The second-order valence-electron chi connectivity index (χ2n) is 5.98. The van der Waals surface area contributed by atoms with Gasteiger partial charge in [-0.2, -0.15) is 0 Å². The van der Waals surface area contributed by atoms with E-state index in [0.717, 1.165) is 42.0 Å². The van der Waals surface area contributed by atoms with Crippen LogP contribution in [-0.4, -0.2) is 32.5 Å². The third-order valence-electron chi connectivity index (χ3n) is 4.26. The highest BCUT2D eigenvalue weighted by atomic mass is 32.2. The summed E-state index contributed by atoms with van der Waals surface area (Å²) in [4.78, 5) is 21.7. The summed E-state index contributed by atoms with van der Waals surface area (Å²) in [6.07, 6.45) is 3.81. The molecule has 1 fully saturated rings. The van der Waals surface area contributed by atoms with Crippen molar-refractivity contribution in [2.75, 3.05) is 17.6 Å². The van der Waals surface area contributed by atoms with E-state index >= 15 is 0 Å². The van der Waals surface area contributed by atoms with Gasteiger partial charge in [-0.05, 0) is 54.5 Å². The maximum absolute atomic E-state index is 12.8. The molecule has 2 aliphatic heterocycles. The minimum atomic E-state index is 0.110. The molecular formula is C17H18N4OS. The highest BCUT2D eigenvalue weighted by Crippen LogP contribution is 2.28. The standard InChI is InChI=1S/C17H18N4OS/c22-16-14-3-1-2-12(8-14)10-19-17-18-6-4-15(20-17)9-13-5-7-23-21(16)11-13/h1-4,6,8,13H,5,7,9-11H2,(H,18,19,20). The average molecular weight is 326 g/mol. The molecule has 0 aliphatic carbocycles. The van der Waals surface area contributed by atoms with Gasteiger partial charge in [-0.25, -0.2) is 9.97 Å². The number of aromatic nitrogens is 2. The fourth-order valence-electron chi connectivity index (χ4n) is 3.05. The molecule has 2 aliphatic rings.